The number of carbonyl (C=O) groups is 1. The fraction of sp³-hybridized carbons (Fsp3) is 0.500. The maximum atomic E-state index is 11.0. The number of carbonyl (C=O) groups excluding carboxylic acids is 1. The molecular formula is C14H21NO2. The van der Waals surface area contributed by atoms with Crippen molar-refractivity contribution in [3.63, 3.8) is 0 Å². The first-order valence-corrected chi connectivity index (χ1v) is 5.92. The van der Waals surface area contributed by atoms with E-state index in [0.29, 0.717) is 13.0 Å². The van der Waals surface area contributed by atoms with Gasteiger partial charge in [-0.25, -0.2) is 0 Å². The smallest absolute Gasteiger partial charge is 0.306 e. The van der Waals surface area contributed by atoms with Crippen molar-refractivity contribution in [1.29, 1.82) is 0 Å². The molecule has 0 aromatic heterocycles. The van der Waals surface area contributed by atoms with Crippen LogP contribution >= 0.6 is 0 Å². The van der Waals surface area contributed by atoms with Crippen molar-refractivity contribution in [2.24, 2.45) is 0 Å². The van der Waals surface area contributed by atoms with E-state index in [1.807, 2.05) is 0 Å². The Hall–Kier alpha value is -1.35. The number of hydrogen-bond donors (Lipinski definition) is 1. The van der Waals surface area contributed by atoms with Crippen LogP contribution in [0.2, 0.25) is 0 Å². The van der Waals surface area contributed by atoms with Crippen LogP contribution in [0.15, 0.2) is 18.2 Å². The molecule has 0 heterocycles. The molecular weight excluding hydrogens is 214 g/mol. The van der Waals surface area contributed by atoms with Crippen molar-refractivity contribution in [2.45, 2.75) is 33.2 Å². The molecule has 1 aromatic rings. The van der Waals surface area contributed by atoms with Crippen LogP contribution in [0.5, 0.6) is 0 Å². The minimum Gasteiger partial charge on any atom is -0.469 e. The van der Waals surface area contributed by atoms with Crippen LogP contribution in [0.1, 0.15) is 36.1 Å². The number of nitrogens with one attached hydrogen (secondary N) is 1. The van der Waals surface area contributed by atoms with Crippen molar-refractivity contribution in [2.75, 3.05) is 13.7 Å². The first-order valence-electron chi connectivity index (χ1n) is 5.92. The van der Waals surface area contributed by atoms with Crippen LogP contribution in [0.4, 0.5) is 0 Å². The second-order valence-corrected chi connectivity index (χ2v) is 4.36. The Labute approximate surface area is 103 Å². The van der Waals surface area contributed by atoms with Gasteiger partial charge in [0.1, 0.15) is 0 Å². The monoisotopic (exact) mass is 235 g/mol. The van der Waals surface area contributed by atoms with Gasteiger partial charge < -0.3 is 10.1 Å². The van der Waals surface area contributed by atoms with E-state index in [2.05, 4.69) is 49.0 Å². The molecule has 0 saturated carbocycles. The van der Waals surface area contributed by atoms with Crippen molar-refractivity contribution < 1.29 is 9.53 Å². The summed E-state index contributed by atoms with van der Waals surface area (Å²) >= 11 is 0. The van der Waals surface area contributed by atoms with Crippen molar-refractivity contribution in [3.05, 3.63) is 34.9 Å². The molecule has 0 fully saturated rings. The molecule has 17 heavy (non-hydrogen) atoms. The van der Waals surface area contributed by atoms with Crippen LogP contribution in [0, 0.1) is 13.8 Å². The van der Waals surface area contributed by atoms with E-state index in [0.717, 1.165) is 0 Å². The first-order chi connectivity index (χ1) is 8.04. The lowest BCUT2D eigenvalue weighted by atomic mass is 10.0. The predicted molar refractivity (Wildman–Crippen MR) is 69.0 cm³/mol. The number of benzene rings is 1. The van der Waals surface area contributed by atoms with Gasteiger partial charge in [0, 0.05) is 12.6 Å². The highest BCUT2D eigenvalue weighted by Crippen LogP contribution is 2.18. The first kappa shape index (κ1) is 13.7. The Morgan fingerprint density at radius 2 is 2.12 bits per heavy atom. The summed E-state index contributed by atoms with van der Waals surface area (Å²) in [6, 6.07) is 6.68. The molecule has 1 rings (SSSR count). The number of aryl methyl sites for hydroxylation is 2. The standard InChI is InChI=1S/C14H21NO2/c1-10-5-6-13(11(2)9-10)12(3)15-8-7-14(16)17-4/h5-6,9,12,15H,7-8H2,1-4H3. The van der Waals surface area contributed by atoms with E-state index >= 15 is 0 Å². The average Bonchev–Trinajstić information content (AvgIpc) is 2.28. The molecule has 0 aliphatic rings. The lowest BCUT2D eigenvalue weighted by Crippen LogP contribution is -2.23. The summed E-state index contributed by atoms with van der Waals surface area (Å²) in [5, 5.41) is 3.32. The van der Waals surface area contributed by atoms with Crippen LogP contribution in [0.25, 0.3) is 0 Å². The number of esters is 1. The van der Waals surface area contributed by atoms with Gasteiger partial charge in [-0.1, -0.05) is 23.8 Å². The topological polar surface area (TPSA) is 38.3 Å². The van der Waals surface area contributed by atoms with Gasteiger partial charge in [0.15, 0.2) is 0 Å². The van der Waals surface area contributed by atoms with E-state index in [4.69, 9.17) is 0 Å². The molecule has 0 amide bonds. The summed E-state index contributed by atoms with van der Waals surface area (Å²) in [7, 11) is 1.41. The number of ether oxygens (including phenoxy) is 1. The number of hydrogen-bond acceptors (Lipinski definition) is 3. The maximum Gasteiger partial charge on any atom is 0.306 e. The lowest BCUT2D eigenvalue weighted by molar-refractivity contribution is -0.140. The summed E-state index contributed by atoms with van der Waals surface area (Å²) in [6.45, 7) is 6.95. The third kappa shape index (κ3) is 4.19. The minimum atomic E-state index is -0.176. The van der Waals surface area contributed by atoms with E-state index < -0.39 is 0 Å². The highest BCUT2D eigenvalue weighted by atomic mass is 16.5. The highest BCUT2D eigenvalue weighted by Gasteiger charge is 2.08. The molecule has 1 aromatic carbocycles. The lowest BCUT2D eigenvalue weighted by Gasteiger charge is -2.16. The molecule has 0 saturated heterocycles. The predicted octanol–water partition coefficient (Wildman–Crippen LogP) is 2.52. The van der Waals surface area contributed by atoms with Gasteiger partial charge in [-0.3, -0.25) is 4.79 Å². The molecule has 1 atom stereocenters. The van der Waals surface area contributed by atoms with Gasteiger partial charge in [0.25, 0.3) is 0 Å². The van der Waals surface area contributed by atoms with Crippen molar-refractivity contribution in [1.82, 2.24) is 5.32 Å². The van der Waals surface area contributed by atoms with Crippen LogP contribution in [-0.4, -0.2) is 19.6 Å². The third-order valence-corrected chi connectivity index (χ3v) is 2.90. The van der Waals surface area contributed by atoms with E-state index in [1.54, 1.807) is 0 Å². The van der Waals surface area contributed by atoms with Crippen LogP contribution in [-0.2, 0) is 9.53 Å². The van der Waals surface area contributed by atoms with Gasteiger partial charge >= 0.3 is 5.97 Å². The minimum absolute atomic E-state index is 0.176. The molecule has 0 aliphatic heterocycles. The zero-order valence-corrected chi connectivity index (χ0v) is 11.0. The molecule has 0 aliphatic carbocycles. The van der Waals surface area contributed by atoms with E-state index in [-0.39, 0.29) is 12.0 Å². The van der Waals surface area contributed by atoms with Gasteiger partial charge in [-0.05, 0) is 31.9 Å². The fourth-order valence-corrected chi connectivity index (χ4v) is 1.91. The van der Waals surface area contributed by atoms with Crippen molar-refractivity contribution in [3.8, 4) is 0 Å². The quantitative estimate of drug-likeness (QED) is 0.797. The largest absolute Gasteiger partial charge is 0.469 e. The number of methoxy groups -OCH3 is 1. The molecule has 94 valence electrons. The van der Waals surface area contributed by atoms with E-state index in [1.165, 1.54) is 23.8 Å². The molecule has 0 spiro atoms. The van der Waals surface area contributed by atoms with Gasteiger partial charge in [0.05, 0.1) is 13.5 Å². The summed E-state index contributed by atoms with van der Waals surface area (Å²) in [4.78, 5) is 11.0. The third-order valence-electron chi connectivity index (χ3n) is 2.90. The average molecular weight is 235 g/mol. The zero-order chi connectivity index (χ0) is 12.8. The highest BCUT2D eigenvalue weighted by molar-refractivity contribution is 5.69. The normalized spacial score (nSPS) is 12.2. The molecule has 0 bridgehead atoms. The zero-order valence-electron chi connectivity index (χ0n) is 11.0. The van der Waals surface area contributed by atoms with E-state index in [9.17, 15) is 4.79 Å². The molecule has 3 heteroatoms. The Balaban J connectivity index is 2.52. The van der Waals surface area contributed by atoms with Gasteiger partial charge in [-0.15, -0.1) is 0 Å². The Kier molecular flexibility index (Phi) is 5.16. The Morgan fingerprint density at radius 3 is 2.71 bits per heavy atom. The molecule has 1 N–H and O–H groups in total. The summed E-state index contributed by atoms with van der Waals surface area (Å²) in [5.74, 6) is -0.176. The SMILES string of the molecule is COC(=O)CCNC(C)c1ccc(C)cc1C. The fourth-order valence-electron chi connectivity index (χ4n) is 1.91. The maximum absolute atomic E-state index is 11.0. The summed E-state index contributed by atoms with van der Waals surface area (Å²) < 4.78 is 4.60. The summed E-state index contributed by atoms with van der Waals surface area (Å²) in [6.07, 6.45) is 0.408. The number of rotatable bonds is 5. The van der Waals surface area contributed by atoms with Crippen LogP contribution in [0.3, 0.4) is 0 Å². The molecule has 0 radical (unpaired) electrons. The molecule has 3 nitrogen and oxygen atoms in total. The second-order valence-electron chi connectivity index (χ2n) is 4.36. The van der Waals surface area contributed by atoms with Gasteiger partial charge in [0.2, 0.25) is 0 Å². The van der Waals surface area contributed by atoms with Crippen molar-refractivity contribution >= 4 is 5.97 Å². The van der Waals surface area contributed by atoms with Gasteiger partial charge in [-0.2, -0.15) is 0 Å². The Bertz CT molecular complexity index is 388. The van der Waals surface area contributed by atoms with Crippen LogP contribution < -0.4 is 5.32 Å². The second kappa shape index (κ2) is 6.40. The summed E-state index contributed by atoms with van der Waals surface area (Å²) in [5.41, 5.74) is 3.83. The Morgan fingerprint density at radius 1 is 1.41 bits per heavy atom. The molecule has 1 unspecified atom stereocenters.